The number of hydrogen-bond donors (Lipinski definition) is 0. The Labute approximate surface area is 164 Å². The third-order valence-corrected chi connectivity index (χ3v) is 6.11. The quantitative estimate of drug-likeness (QED) is 0.610. The summed E-state index contributed by atoms with van der Waals surface area (Å²) in [5, 5.41) is 3.27. The lowest BCUT2D eigenvalue weighted by Crippen LogP contribution is -2.33. The maximum Gasteiger partial charge on any atom is 0.226 e. The van der Waals surface area contributed by atoms with Crippen LogP contribution in [0.15, 0.2) is 34.2 Å². The number of rotatable bonds is 5. The molecule has 5 nitrogen and oxygen atoms in total. The molecule has 0 N–H and O–H groups in total. The van der Waals surface area contributed by atoms with Gasteiger partial charge in [-0.15, -0.1) is 11.3 Å². The molecular weight excluding hydrogens is 358 g/mol. The van der Waals surface area contributed by atoms with Crippen LogP contribution in [0.4, 0.5) is 0 Å². The second-order valence-electron chi connectivity index (χ2n) is 7.06. The Morgan fingerprint density at radius 1 is 1.30 bits per heavy atom. The molecule has 1 unspecified atom stereocenters. The van der Waals surface area contributed by atoms with Gasteiger partial charge in [-0.1, -0.05) is 6.42 Å². The normalized spacial score (nSPS) is 18.0. The lowest BCUT2D eigenvalue weighted by molar-refractivity contribution is 0.138. The van der Waals surface area contributed by atoms with E-state index >= 15 is 0 Å². The topological polar surface area (TPSA) is 51.4 Å². The zero-order valence-electron chi connectivity index (χ0n) is 16.1. The van der Waals surface area contributed by atoms with E-state index in [1.54, 1.807) is 18.4 Å². The van der Waals surface area contributed by atoms with Gasteiger partial charge in [-0.25, -0.2) is 9.97 Å². The molecule has 0 amide bonds. The number of aromatic nitrogens is 2. The summed E-state index contributed by atoms with van der Waals surface area (Å²) in [6.45, 7) is 5.91. The number of hydrogen-bond acceptors (Lipinski definition) is 6. The molecule has 0 bridgehead atoms. The first-order valence-electron chi connectivity index (χ1n) is 9.40. The molecule has 3 aromatic rings. The molecule has 1 aromatic carbocycles. The molecular formula is C21H25N3O2S. The standard InChI is InChI=1S/C21H25N3O2S/c1-14-12-16(7-8-19(14)25-3)20-23-17(15(2)26-20)13-24-10-5-4-6-18(24)21-22-9-11-27-21/h7-9,11-12,18H,4-6,10,13H2,1-3H3. The van der Waals surface area contributed by atoms with Crippen molar-refractivity contribution in [3.63, 3.8) is 0 Å². The highest BCUT2D eigenvalue weighted by Crippen LogP contribution is 2.34. The summed E-state index contributed by atoms with van der Waals surface area (Å²) in [5.41, 5.74) is 3.08. The lowest BCUT2D eigenvalue weighted by Gasteiger charge is -2.33. The van der Waals surface area contributed by atoms with E-state index in [2.05, 4.69) is 21.3 Å². The minimum atomic E-state index is 0.390. The predicted octanol–water partition coefficient (Wildman–Crippen LogP) is 5.15. The molecule has 1 saturated heterocycles. The Hall–Kier alpha value is -2.18. The lowest BCUT2D eigenvalue weighted by atomic mass is 10.0. The summed E-state index contributed by atoms with van der Waals surface area (Å²) in [5.74, 6) is 2.44. The highest BCUT2D eigenvalue weighted by Gasteiger charge is 2.27. The largest absolute Gasteiger partial charge is 0.496 e. The zero-order chi connectivity index (χ0) is 18.8. The fraction of sp³-hybridized carbons (Fsp3) is 0.429. The Morgan fingerprint density at radius 2 is 2.19 bits per heavy atom. The number of ether oxygens (including phenoxy) is 1. The second kappa shape index (κ2) is 7.82. The SMILES string of the molecule is COc1ccc(-c2nc(CN3CCCCC3c3nccs3)c(C)o2)cc1C. The van der Waals surface area contributed by atoms with Crippen LogP contribution in [0.1, 0.15) is 47.3 Å². The van der Waals surface area contributed by atoms with E-state index in [9.17, 15) is 0 Å². The summed E-state index contributed by atoms with van der Waals surface area (Å²) in [7, 11) is 1.69. The number of methoxy groups -OCH3 is 1. The fourth-order valence-electron chi connectivity index (χ4n) is 3.76. The van der Waals surface area contributed by atoms with Gasteiger partial charge in [0.25, 0.3) is 0 Å². The van der Waals surface area contributed by atoms with Crippen molar-refractivity contribution < 1.29 is 9.15 Å². The molecule has 1 aliphatic rings. The van der Waals surface area contributed by atoms with Gasteiger partial charge in [0.05, 0.1) is 18.8 Å². The molecule has 4 rings (SSSR count). The molecule has 1 atom stereocenters. The van der Waals surface area contributed by atoms with Crippen LogP contribution < -0.4 is 4.74 Å². The van der Waals surface area contributed by atoms with Crippen molar-refractivity contribution in [3.05, 3.63) is 51.8 Å². The van der Waals surface area contributed by atoms with Crippen molar-refractivity contribution >= 4 is 11.3 Å². The summed E-state index contributed by atoms with van der Waals surface area (Å²) >= 11 is 1.75. The third-order valence-electron chi connectivity index (χ3n) is 5.24. The van der Waals surface area contributed by atoms with E-state index in [1.807, 2.05) is 32.2 Å². The smallest absolute Gasteiger partial charge is 0.226 e. The Morgan fingerprint density at radius 3 is 2.93 bits per heavy atom. The van der Waals surface area contributed by atoms with E-state index in [1.165, 1.54) is 17.8 Å². The van der Waals surface area contributed by atoms with Crippen molar-refractivity contribution in [3.8, 4) is 17.2 Å². The van der Waals surface area contributed by atoms with Crippen LogP contribution in [0.5, 0.6) is 5.75 Å². The number of aryl methyl sites for hydroxylation is 2. The molecule has 2 aromatic heterocycles. The average molecular weight is 384 g/mol. The maximum absolute atomic E-state index is 6.01. The van der Waals surface area contributed by atoms with Crippen LogP contribution in [-0.4, -0.2) is 28.5 Å². The molecule has 0 radical (unpaired) electrons. The van der Waals surface area contributed by atoms with E-state index in [0.29, 0.717) is 11.9 Å². The predicted molar refractivity (Wildman–Crippen MR) is 107 cm³/mol. The van der Waals surface area contributed by atoms with Crippen molar-refractivity contribution in [2.45, 2.75) is 45.7 Å². The van der Waals surface area contributed by atoms with Gasteiger partial charge in [0, 0.05) is 23.7 Å². The third kappa shape index (κ3) is 3.77. The van der Waals surface area contributed by atoms with E-state index in [-0.39, 0.29) is 0 Å². The Bertz CT molecular complexity index is 904. The number of benzene rings is 1. The number of oxazole rings is 1. The number of likely N-dealkylation sites (tertiary alicyclic amines) is 1. The first-order valence-corrected chi connectivity index (χ1v) is 10.3. The molecule has 3 heterocycles. The van der Waals surface area contributed by atoms with Gasteiger partial charge < -0.3 is 9.15 Å². The minimum absolute atomic E-state index is 0.390. The maximum atomic E-state index is 6.01. The van der Waals surface area contributed by atoms with Crippen LogP contribution in [0.2, 0.25) is 0 Å². The van der Waals surface area contributed by atoms with Crippen LogP contribution in [-0.2, 0) is 6.54 Å². The molecule has 142 valence electrons. The minimum Gasteiger partial charge on any atom is -0.496 e. The molecule has 6 heteroatoms. The summed E-state index contributed by atoms with van der Waals surface area (Å²) in [4.78, 5) is 11.9. The van der Waals surface area contributed by atoms with Crippen molar-refractivity contribution in [2.75, 3.05) is 13.7 Å². The van der Waals surface area contributed by atoms with Crippen LogP contribution in [0, 0.1) is 13.8 Å². The van der Waals surface area contributed by atoms with E-state index in [4.69, 9.17) is 14.1 Å². The Balaban J connectivity index is 1.57. The number of nitrogens with zero attached hydrogens (tertiary/aromatic N) is 3. The molecule has 0 spiro atoms. The zero-order valence-corrected chi connectivity index (χ0v) is 16.9. The van der Waals surface area contributed by atoms with E-state index in [0.717, 1.165) is 47.8 Å². The van der Waals surface area contributed by atoms with Crippen molar-refractivity contribution in [1.29, 1.82) is 0 Å². The van der Waals surface area contributed by atoms with Gasteiger partial charge in [-0.05, 0) is 57.0 Å². The highest BCUT2D eigenvalue weighted by molar-refractivity contribution is 7.09. The van der Waals surface area contributed by atoms with Crippen LogP contribution in [0.3, 0.4) is 0 Å². The summed E-state index contributed by atoms with van der Waals surface area (Å²) < 4.78 is 11.4. The summed E-state index contributed by atoms with van der Waals surface area (Å²) in [6, 6.07) is 6.42. The monoisotopic (exact) mass is 383 g/mol. The number of piperidine rings is 1. The van der Waals surface area contributed by atoms with E-state index < -0.39 is 0 Å². The highest BCUT2D eigenvalue weighted by atomic mass is 32.1. The van der Waals surface area contributed by atoms with Crippen LogP contribution in [0.25, 0.3) is 11.5 Å². The van der Waals surface area contributed by atoms with Gasteiger partial charge in [0.2, 0.25) is 5.89 Å². The van der Waals surface area contributed by atoms with Gasteiger partial charge >= 0.3 is 0 Å². The van der Waals surface area contributed by atoms with Crippen molar-refractivity contribution in [1.82, 2.24) is 14.9 Å². The van der Waals surface area contributed by atoms with Gasteiger partial charge in [-0.3, -0.25) is 4.90 Å². The van der Waals surface area contributed by atoms with Gasteiger partial charge in [-0.2, -0.15) is 0 Å². The first kappa shape index (κ1) is 18.2. The van der Waals surface area contributed by atoms with Gasteiger partial charge in [0.1, 0.15) is 16.5 Å². The second-order valence-corrected chi connectivity index (χ2v) is 7.98. The Kier molecular flexibility index (Phi) is 5.27. The summed E-state index contributed by atoms with van der Waals surface area (Å²) in [6.07, 6.45) is 5.55. The van der Waals surface area contributed by atoms with Crippen molar-refractivity contribution in [2.24, 2.45) is 0 Å². The molecule has 0 saturated carbocycles. The molecule has 0 aliphatic carbocycles. The molecule has 27 heavy (non-hydrogen) atoms. The molecule has 1 aliphatic heterocycles. The number of thiazole rings is 1. The fourth-order valence-corrected chi connectivity index (χ4v) is 4.57. The average Bonchev–Trinajstić information content (AvgIpc) is 3.33. The molecule has 1 fully saturated rings. The first-order chi connectivity index (χ1) is 13.2. The van der Waals surface area contributed by atoms with Gasteiger partial charge in [0.15, 0.2) is 0 Å². The van der Waals surface area contributed by atoms with Crippen LogP contribution >= 0.6 is 11.3 Å².